The maximum absolute atomic E-state index is 11.3. The zero-order chi connectivity index (χ0) is 12.3. The third kappa shape index (κ3) is 2.68. The van der Waals surface area contributed by atoms with E-state index >= 15 is 0 Å². The molecule has 0 atom stereocenters. The number of rotatable bonds is 3. The van der Waals surface area contributed by atoms with Gasteiger partial charge < -0.3 is 9.26 Å². The van der Waals surface area contributed by atoms with Crippen molar-refractivity contribution in [3.63, 3.8) is 0 Å². The first kappa shape index (κ1) is 11.7. The molecular formula is C10H8BrN3O3. The van der Waals surface area contributed by atoms with Crippen LogP contribution in [0.1, 0.15) is 17.6 Å². The molecule has 0 aromatic carbocycles. The average molecular weight is 298 g/mol. The number of carbonyl (C=O) groups excluding carboxylic acids is 1. The minimum Gasteiger partial charge on any atom is -0.459 e. The van der Waals surface area contributed by atoms with Crippen molar-refractivity contribution in [3.05, 3.63) is 28.8 Å². The predicted molar refractivity (Wildman–Crippen MR) is 61.2 cm³/mol. The summed E-state index contributed by atoms with van der Waals surface area (Å²) < 4.78 is 10.2. The quantitative estimate of drug-likeness (QED) is 0.637. The van der Waals surface area contributed by atoms with Crippen LogP contribution in [0.5, 0.6) is 0 Å². The molecule has 0 aliphatic carbocycles. The van der Waals surface area contributed by atoms with Gasteiger partial charge >= 0.3 is 11.9 Å². The van der Waals surface area contributed by atoms with Gasteiger partial charge in [0.15, 0.2) is 0 Å². The Morgan fingerprint density at radius 2 is 2.35 bits per heavy atom. The predicted octanol–water partition coefficient (Wildman–Crippen LogP) is 2.07. The third-order valence-corrected chi connectivity index (χ3v) is 2.33. The molecule has 2 aromatic rings. The summed E-state index contributed by atoms with van der Waals surface area (Å²) in [6.45, 7) is 1.96. The van der Waals surface area contributed by atoms with Crippen LogP contribution in [0.4, 0.5) is 0 Å². The summed E-state index contributed by atoms with van der Waals surface area (Å²) in [5.41, 5.74) is 0.660. The van der Waals surface area contributed by atoms with E-state index in [0.717, 1.165) is 0 Å². The smallest absolute Gasteiger partial charge is 0.397 e. The average Bonchev–Trinajstić information content (AvgIpc) is 2.80. The Bertz CT molecular complexity index is 524. The fraction of sp³-hybridized carbons (Fsp3) is 0.200. The van der Waals surface area contributed by atoms with Crippen molar-refractivity contribution in [1.82, 2.24) is 15.1 Å². The first-order valence-electron chi connectivity index (χ1n) is 4.83. The fourth-order valence-corrected chi connectivity index (χ4v) is 1.36. The SMILES string of the molecule is CCOC(=O)c1nc(-c2ccc(Br)nc2)no1. The number of hydrogen-bond acceptors (Lipinski definition) is 6. The van der Waals surface area contributed by atoms with Crippen molar-refractivity contribution in [3.8, 4) is 11.4 Å². The van der Waals surface area contributed by atoms with Gasteiger partial charge in [-0.15, -0.1) is 0 Å². The van der Waals surface area contributed by atoms with Crippen LogP contribution in [0, 0.1) is 0 Å². The fourth-order valence-electron chi connectivity index (χ4n) is 1.12. The van der Waals surface area contributed by atoms with Crippen molar-refractivity contribution in [2.75, 3.05) is 6.61 Å². The summed E-state index contributed by atoms with van der Waals surface area (Å²) in [4.78, 5) is 19.2. The Balaban J connectivity index is 2.23. The molecule has 0 saturated heterocycles. The highest BCUT2D eigenvalue weighted by Crippen LogP contribution is 2.16. The topological polar surface area (TPSA) is 78.1 Å². The van der Waals surface area contributed by atoms with E-state index in [4.69, 9.17) is 9.26 Å². The van der Waals surface area contributed by atoms with Crippen LogP contribution >= 0.6 is 15.9 Å². The number of aromatic nitrogens is 3. The third-order valence-electron chi connectivity index (χ3n) is 1.86. The van der Waals surface area contributed by atoms with Crippen LogP contribution < -0.4 is 0 Å². The second-order valence-corrected chi connectivity index (χ2v) is 3.83. The molecule has 0 radical (unpaired) electrons. The number of nitrogens with zero attached hydrogens (tertiary/aromatic N) is 3. The minimum atomic E-state index is -0.628. The van der Waals surface area contributed by atoms with Crippen LogP contribution in [-0.4, -0.2) is 27.7 Å². The summed E-state index contributed by atoms with van der Waals surface area (Å²) in [5, 5.41) is 3.68. The minimum absolute atomic E-state index is 0.162. The van der Waals surface area contributed by atoms with Crippen LogP contribution in [0.2, 0.25) is 0 Å². The Kier molecular flexibility index (Phi) is 3.48. The standard InChI is InChI=1S/C10H8BrN3O3/c1-2-16-10(15)9-13-8(14-17-9)6-3-4-7(11)12-5-6/h3-5H,2H2,1H3. The molecule has 2 aromatic heterocycles. The van der Waals surface area contributed by atoms with E-state index in [-0.39, 0.29) is 12.5 Å². The molecule has 2 heterocycles. The molecule has 0 bridgehead atoms. The molecule has 0 saturated carbocycles. The van der Waals surface area contributed by atoms with Crippen LogP contribution in [0.3, 0.4) is 0 Å². The molecule has 0 amide bonds. The Morgan fingerprint density at radius 3 is 3.00 bits per heavy atom. The van der Waals surface area contributed by atoms with Gasteiger partial charge in [0, 0.05) is 11.8 Å². The van der Waals surface area contributed by atoms with Crippen molar-refractivity contribution in [2.24, 2.45) is 0 Å². The van der Waals surface area contributed by atoms with E-state index in [0.29, 0.717) is 16.0 Å². The number of pyridine rings is 1. The molecule has 0 unspecified atom stereocenters. The van der Waals surface area contributed by atoms with E-state index in [1.165, 1.54) is 0 Å². The van der Waals surface area contributed by atoms with Crippen LogP contribution in [-0.2, 0) is 4.74 Å². The maximum Gasteiger partial charge on any atom is 0.397 e. The van der Waals surface area contributed by atoms with Crippen LogP contribution in [0.25, 0.3) is 11.4 Å². The number of esters is 1. The van der Waals surface area contributed by atoms with E-state index in [2.05, 4.69) is 31.1 Å². The van der Waals surface area contributed by atoms with Gasteiger partial charge in [0.05, 0.1) is 6.61 Å². The van der Waals surface area contributed by atoms with E-state index in [1.54, 1.807) is 25.3 Å². The Morgan fingerprint density at radius 1 is 1.53 bits per heavy atom. The normalized spacial score (nSPS) is 10.2. The van der Waals surface area contributed by atoms with Crippen LogP contribution in [0.15, 0.2) is 27.5 Å². The molecule has 0 fully saturated rings. The van der Waals surface area contributed by atoms with Gasteiger partial charge in [-0.05, 0) is 35.0 Å². The zero-order valence-electron chi connectivity index (χ0n) is 8.88. The highest BCUT2D eigenvalue weighted by atomic mass is 79.9. The van der Waals surface area contributed by atoms with Crippen molar-refractivity contribution in [1.29, 1.82) is 0 Å². The number of carbonyl (C=O) groups is 1. The molecular weight excluding hydrogens is 290 g/mol. The highest BCUT2D eigenvalue weighted by Gasteiger charge is 2.16. The number of halogens is 1. The summed E-state index contributed by atoms with van der Waals surface area (Å²) in [6.07, 6.45) is 1.57. The lowest BCUT2D eigenvalue weighted by Crippen LogP contribution is -2.04. The summed E-state index contributed by atoms with van der Waals surface area (Å²) >= 11 is 3.22. The highest BCUT2D eigenvalue weighted by molar-refractivity contribution is 9.10. The molecule has 0 aliphatic rings. The van der Waals surface area contributed by atoms with Gasteiger partial charge in [0.2, 0.25) is 5.82 Å². The number of hydrogen-bond donors (Lipinski definition) is 0. The van der Waals surface area contributed by atoms with Gasteiger partial charge in [-0.3, -0.25) is 0 Å². The molecule has 0 aliphatic heterocycles. The van der Waals surface area contributed by atoms with Gasteiger partial charge in [0.1, 0.15) is 4.60 Å². The molecule has 88 valence electrons. The van der Waals surface area contributed by atoms with Gasteiger partial charge in [-0.1, -0.05) is 5.16 Å². The van der Waals surface area contributed by atoms with Gasteiger partial charge in [-0.25, -0.2) is 9.78 Å². The van der Waals surface area contributed by atoms with Crippen molar-refractivity contribution < 1.29 is 14.1 Å². The van der Waals surface area contributed by atoms with E-state index < -0.39 is 5.97 Å². The lowest BCUT2D eigenvalue weighted by molar-refractivity contribution is 0.0470. The first-order valence-corrected chi connectivity index (χ1v) is 5.62. The van der Waals surface area contributed by atoms with Crippen molar-refractivity contribution >= 4 is 21.9 Å². The summed E-state index contributed by atoms with van der Waals surface area (Å²) in [6, 6.07) is 3.51. The van der Waals surface area contributed by atoms with Gasteiger partial charge in [-0.2, -0.15) is 4.98 Å². The van der Waals surface area contributed by atoms with E-state index in [9.17, 15) is 4.79 Å². The monoisotopic (exact) mass is 297 g/mol. The second kappa shape index (κ2) is 5.05. The number of ether oxygens (including phenoxy) is 1. The molecule has 7 heteroatoms. The summed E-state index contributed by atoms with van der Waals surface area (Å²) in [5.74, 6) is -0.492. The second-order valence-electron chi connectivity index (χ2n) is 3.01. The molecule has 0 spiro atoms. The molecule has 17 heavy (non-hydrogen) atoms. The lowest BCUT2D eigenvalue weighted by Gasteiger charge is -1.94. The Labute approximate surface area is 105 Å². The maximum atomic E-state index is 11.3. The van der Waals surface area contributed by atoms with Crippen molar-refractivity contribution in [2.45, 2.75) is 6.92 Å². The zero-order valence-corrected chi connectivity index (χ0v) is 10.5. The molecule has 0 N–H and O–H groups in total. The molecule has 2 rings (SSSR count). The molecule has 6 nitrogen and oxygen atoms in total. The lowest BCUT2D eigenvalue weighted by atomic mass is 10.3. The van der Waals surface area contributed by atoms with E-state index in [1.807, 2.05) is 0 Å². The first-order chi connectivity index (χ1) is 8.20. The van der Waals surface area contributed by atoms with Gasteiger partial charge in [0.25, 0.3) is 0 Å². The summed E-state index contributed by atoms with van der Waals surface area (Å²) in [7, 11) is 0. The Hall–Kier alpha value is -1.76. The largest absolute Gasteiger partial charge is 0.459 e.